The molecule has 0 fully saturated rings. The Bertz CT molecular complexity index is 834. The van der Waals surface area contributed by atoms with E-state index in [1.165, 1.54) is 11.3 Å². The summed E-state index contributed by atoms with van der Waals surface area (Å²) in [6.45, 7) is 12.7. The number of aryl methyl sites for hydroxylation is 3. The summed E-state index contributed by atoms with van der Waals surface area (Å²) in [4.78, 5) is 16.1. The summed E-state index contributed by atoms with van der Waals surface area (Å²) in [5, 5.41) is 11.8. The van der Waals surface area contributed by atoms with Crippen LogP contribution in [0.25, 0.3) is 11.0 Å². The Morgan fingerprint density at radius 1 is 1.23 bits per heavy atom. The van der Waals surface area contributed by atoms with Gasteiger partial charge in [0.1, 0.15) is 17.1 Å². The van der Waals surface area contributed by atoms with Crippen LogP contribution in [0.4, 0.5) is 0 Å². The number of phenolic OH excluding ortho intramolecular Hbond substituents is 1. The second kappa shape index (κ2) is 10.8. The van der Waals surface area contributed by atoms with Crippen LogP contribution in [-0.2, 0) is 13.0 Å². The van der Waals surface area contributed by atoms with Crippen LogP contribution in [0.5, 0.6) is 5.75 Å². The van der Waals surface area contributed by atoms with Gasteiger partial charge in [-0.3, -0.25) is 4.79 Å². The molecular formula is C21H30N2O2S. The molecule has 142 valence electrons. The third-order valence-electron chi connectivity index (χ3n) is 3.77. The molecule has 0 saturated carbocycles. The van der Waals surface area contributed by atoms with Gasteiger partial charge in [0.05, 0.1) is 10.4 Å². The SMILES string of the molecule is CC.CC(=O)c1sccc1C.CCCn1c(CC)nc2cccc(O)c21. The Labute approximate surface area is 160 Å². The van der Waals surface area contributed by atoms with E-state index in [1.807, 2.05) is 44.4 Å². The molecule has 3 rings (SSSR count). The van der Waals surface area contributed by atoms with Crippen LogP contribution < -0.4 is 0 Å². The molecular weight excluding hydrogens is 344 g/mol. The predicted molar refractivity (Wildman–Crippen MR) is 111 cm³/mol. The molecule has 0 aliphatic carbocycles. The van der Waals surface area contributed by atoms with Crippen molar-refractivity contribution in [2.24, 2.45) is 0 Å². The lowest BCUT2D eigenvalue weighted by atomic mass is 10.2. The fourth-order valence-corrected chi connectivity index (χ4v) is 3.51. The summed E-state index contributed by atoms with van der Waals surface area (Å²) >= 11 is 1.51. The van der Waals surface area contributed by atoms with Gasteiger partial charge in [0.25, 0.3) is 0 Å². The third kappa shape index (κ3) is 5.18. The molecule has 2 aromatic heterocycles. The quantitative estimate of drug-likeness (QED) is 0.570. The maximum atomic E-state index is 10.7. The average Bonchev–Trinajstić information content (AvgIpc) is 3.22. The monoisotopic (exact) mass is 374 g/mol. The zero-order chi connectivity index (χ0) is 19.7. The smallest absolute Gasteiger partial charge is 0.169 e. The van der Waals surface area contributed by atoms with Gasteiger partial charge in [-0.05, 0) is 49.4 Å². The van der Waals surface area contributed by atoms with E-state index in [4.69, 9.17) is 0 Å². The van der Waals surface area contributed by atoms with E-state index in [2.05, 4.69) is 23.4 Å². The number of benzene rings is 1. The van der Waals surface area contributed by atoms with Crippen molar-refractivity contribution in [3.05, 3.63) is 45.9 Å². The summed E-state index contributed by atoms with van der Waals surface area (Å²) < 4.78 is 2.12. The highest BCUT2D eigenvalue weighted by Gasteiger charge is 2.11. The van der Waals surface area contributed by atoms with Crippen LogP contribution in [0.1, 0.15) is 62.1 Å². The van der Waals surface area contributed by atoms with E-state index in [1.54, 1.807) is 13.0 Å². The number of aromatic hydroxyl groups is 1. The molecule has 0 spiro atoms. The Balaban J connectivity index is 0.000000263. The fourth-order valence-electron chi connectivity index (χ4n) is 2.68. The number of rotatable bonds is 4. The Morgan fingerprint density at radius 2 is 1.92 bits per heavy atom. The molecule has 1 N–H and O–H groups in total. The summed E-state index contributed by atoms with van der Waals surface area (Å²) in [5.74, 6) is 1.55. The Hall–Kier alpha value is -2.14. The van der Waals surface area contributed by atoms with E-state index >= 15 is 0 Å². The minimum absolute atomic E-state index is 0.169. The number of hydrogen-bond donors (Lipinski definition) is 1. The number of ketones is 1. The molecule has 0 atom stereocenters. The lowest BCUT2D eigenvalue weighted by Gasteiger charge is -2.06. The topological polar surface area (TPSA) is 55.1 Å². The van der Waals surface area contributed by atoms with Crippen LogP contribution in [0.15, 0.2) is 29.6 Å². The normalized spacial score (nSPS) is 9.92. The maximum Gasteiger partial charge on any atom is 0.169 e. The van der Waals surface area contributed by atoms with Gasteiger partial charge in [0.2, 0.25) is 0 Å². The molecule has 0 amide bonds. The molecule has 0 unspecified atom stereocenters. The van der Waals surface area contributed by atoms with Crippen LogP contribution in [0, 0.1) is 6.92 Å². The summed E-state index contributed by atoms with van der Waals surface area (Å²) in [5.41, 5.74) is 2.85. The predicted octanol–water partition coefficient (Wildman–Crippen LogP) is 6.00. The van der Waals surface area contributed by atoms with Crippen molar-refractivity contribution in [1.82, 2.24) is 9.55 Å². The average molecular weight is 375 g/mol. The molecule has 5 heteroatoms. The highest BCUT2D eigenvalue weighted by molar-refractivity contribution is 7.12. The molecule has 2 heterocycles. The van der Waals surface area contributed by atoms with Gasteiger partial charge in [0, 0.05) is 13.0 Å². The largest absolute Gasteiger partial charge is 0.506 e. The first kappa shape index (κ1) is 21.9. The van der Waals surface area contributed by atoms with Gasteiger partial charge < -0.3 is 9.67 Å². The molecule has 0 bridgehead atoms. The third-order valence-corrected chi connectivity index (χ3v) is 4.89. The van der Waals surface area contributed by atoms with Crippen LogP contribution in [-0.4, -0.2) is 20.4 Å². The van der Waals surface area contributed by atoms with Crippen molar-refractivity contribution in [2.75, 3.05) is 0 Å². The van der Waals surface area contributed by atoms with Gasteiger partial charge in [-0.2, -0.15) is 0 Å². The maximum absolute atomic E-state index is 10.7. The van der Waals surface area contributed by atoms with E-state index in [0.717, 1.165) is 46.7 Å². The first-order chi connectivity index (χ1) is 12.5. The first-order valence-electron chi connectivity index (χ1n) is 9.21. The van der Waals surface area contributed by atoms with Crippen LogP contribution in [0.2, 0.25) is 0 Å². The number of carbonyl (C=O) groups is 1. The number of aromatic nitrogens is 2. The van der Waals surface area contributed by atoms with Crippen molar-refractivity contribution in [2.45, 2.75) is 60.9 Å². The van der Waals surface area contributed by atoms with Crippen molar-refractivity contribution >= 4 is 28.2 Å². The summed E-state index contributed by atoms with van der Waals surface area (Å²) in [7, 11) is 0. The fraction of sp³-hybridized carbons (Fsp3) is 0.429. The van der Waals surface area contributed by atoms with Crippen molar-refractivity contribution in [3.63, 3.8) is 0 Å². The minimum Gasteiger partial charge on any atom is -0.506 e. The molecule has 4 nitrogen and oxygen atoms in total. The molecule has 0 radical (unpaired) electrons. The van der Waals surface area contributed by atoms with Crippen molar-refractivity contribution < 1.29 is 9.90 Å². The molecule has 0 saturated heterocycles. The summed E-state index contributed by atoms with van der Waals surface area (Å²) in [6, 6.07) is 7.46. The number of Topliss-reactive ketones (excluding diaryl/α,β-unsaturated/α-hetero) is 1. The first-order valence-corrected chi connectivity index (χ1v) is 10.1. The van der Waals surface area contributed by atoms with Crippen LogP contribution in [0.3, 0.4) is 0 Å². The number of imidazole rings is 1. The lowest BCUT2D eigenvalue weighted by molar-refractivity contribution is 0.102. The molecule has 0 aliphatic rings. The minimum atomic E-state index is 0.169. The van der Waals surface area contributed by atoms with Gasteiger partial charge in [0.15, 0.2) is 5.78 Å². The molecule has 3 aromatic rings. The summed E-state index contributed by atoms with van der Waals surface area (Å²) in [6.07, 6.45) is 1.95. The number of phenols is 1. The van der Waals surface area contributed by atoms with Crippen molar-refractivity contribution in [1.29, 1.82) is 0 Å². The second-order valence-electron chi connectivity index (χ2n) is 5.67. The molecule has 1 aromatic carbocycles. The number of hydrogen-bond acceptors (Lipinski definition) is 4. The lowest BCUT2D eigenvalue weighted by Crippen LogP contribution is -2.02. The highest BCUT2D eigenvalue weighted by atomic mass is 32.1. The van der Waals surface area contributed by atoms with E-state index in [0.29, 0.717) is 5.75 Å². The van der Waals surface area contributed by atoms with Gasteiger partial charge in [-0.15, -0.1) is 11.3 Å². The zero-order valence-corrected chi connectivity index (χ0v) is 17.5. The Morgan fingerprint density at radius 3 is 2.38 bits per heavy atom. The van der Waals surface area contributed by atoms with E-state index < -0.39 is 0 Å². The van der Waals surface area contributed by atoms with Crippen molar-refractivity contribution in [3.8, 4) is 5.75 Å². The second-order valence-corrected chi connectivity index (χ2v) is 6.58. The number of thiophene rings is 1. The van der Waals surface area contributed by atoms with Gasteiger partial charge in [-0.1, -0.05) is 33.8 Å². The van der Waals surface area contributed by atoms with E-state index in [9.17, 15) is 9.90 Å². The van der Waals surface area contributed by atoms with Crippen LogP contribution >= 0.6 is 11.3 Å². The molecule has 0 aliphatic heterocycles. The number of nitrogens with zero attached hydrogens (tertiary/aromatic N) is 2. The highest BCUT2D eigenvalue weighted by Crippen LogP contribution is 2.25. The Kier molecular flexibility index (Phi) is 9.07. The van der Waals surface area contributed by atoms with E-state index in [-0.39, 0.29) is 5.78 Å². The molecule has 26 heavy (non-hydrogen) atoms. The number of para-hydroxylation sites is 1. The standard InChI is InChI=1S/C12H16N2O.C7H8OS.C2H6/c1-3-8-14-11(4-2)13-9-6-5-7-10(15)12(9)14;1-5-3-4-9-7(5)6(2)8;1-2/h5-7,15H,3-4,8H2,1-2H3;3-4H,1-2H3;1-2H3. The van der Waals surface area contributed by atoms with Gasteiger partial charge >= 0.3 is 0 Å². The van der Waals surface area contributed by atoms with Gasteiger partial charge in [-0.25, -0.2) is 4.98 Å². The number of carbonyl (C=O) groups excluding carboxylic acids is 1. The number of fused-ring (bicyclic) bond motifs is 1. The zero-order valence-electron chi connectivity index (χ0n) is 16.7.